The highest BCUT2D eigenvalue weighted by atomic mass is 32.2. The van der Waals surface area contributed by atoms with Gasteiger partial charge in [0, 0.05) is 31.0 Å². The van der Waals surface area contributed by atoms with Crippen LogP contribution in [0.15, 0.2) is 107 Å². The quantitative estimate of drug-likeness (QED) is 0.371. The number of aryl methyl sites for hydroxylation is 1. The summed E-state index contributed by atoms with van der Waals surface area (Å²) in [5.41, 5.74) is 1.97. The van der Waals surface area contributed by atoms with E-state index in [-0.39, 0.29) is 16.8 Å². The minimum absolute atomic E-state index is 0.180. The van der Waals surface area contributed by atoms with Crippen LogP contribution in [0.5, 0.6) is 0 Å². The minimum atomic E-state index is -3.70. The molecule has 1 saturated heterocycles. The number of amides is 3. The summed E-state index contributed by atoms with van der Waals surface area (Å²) in [5, 5.41) is 7.03. The zero-order chi connectivity index (χ0) is 28.2. The van der Waals surface area contributed by atoms with Gasteiger partial charge >= 0.3 is 6.03 Å². The third kappa shape index (κ3) is 8.79. The largest absolute Gasteiger partial charge is 0.378 e. The van der Waals surface area contributed by atoms with Crippen molar-refractivity contribution in [1.29, 1.82) is 0 Å². The van der Waals surface area contributed by atoms with Crippen LogP contribution in [0.4, 0.5) is 4.79 Å². The molecule has 1 fully saturated rings. The number of nitrogens with one attached hydrogen (secondary N) is 2. The van der Waals surface area contributed by atoms with E-state index in [0.29, 0.717) is 45.6 Å². The van der Waals surface area contributed by atoms with Crippen molar-refractivity contribution in [3.05, 3.63) is 114 Å². The number of benzene rings is 3. The standard InChI is InChI=1S/C31H35N3O5S/c35-30(29(24-26-12-6-2-7-13-26)33-31(36)34-19-21-39-22-20-34)32-27(17-16-25-10-4-1-5-11-25)18-23-40(37,38)28-14-8-3-9-15-28/h1-15,18,23,27,29H,16-17,19-22,24H2,(H,32,35)(H,33,36)/t27-,29-/m0/s1. The van der Waals surface area contributed by atoms with Gasteiger partial charge in [0.25, 0.3) is 0 Å². The Labute approximate surface area is 236 Å². The molecule has 0 aliphatic carbocycles. The first-order valence-electron chi connectivity index (χ1n) is 13.4. The molecule has 0 radical (unpaired) electrons. The average Bonchev–Trinajstić information content (AvgIpc) is 3.00. The van der Waals surface area contributed by atoms with E-state index in [1.54, 1.807) is 23.1 Å². The van der Waals surface area contributed by atoms with Crippen molar-refractivity contribution in [2.75, 3.05) is 26.3 Å². The van der Waals surface area contributed by atoms with Crippen molar-refractivity contribution < 1.29 is 22.7 Å². The Bertz CT molecular complexity index is 1360. The molecule has 210 valence electrons. The third-order valence-corrected chi connectivity index (χ3v) is 8.12. The van der Waals surface area contributed by atoms with E-state index in [4.69, 9.17) is 4.74 Å². The molecule has 8 nitrogen and oxygen atoms in total. The molecular weight excluding hydrogens is 526 g/mol. The molecule has 1 aliphatic heterocycles. The SMILES string of the molecule is O=C(N[C@H](C=CS(=O)(=O)c1ccccc1)CCc1ccccc1)[C@H](Cc1ccccc1)NC(=O)N1CCOCC1. The van der Waals surface area contributed by atoms with Gasteiger partial charge in [0.1, 0.15) is 6.04 Å². The number of morpholine rings is 1. The summed E-state index contributed by atoms with van der Waals surface area (Å²) in [6, 6.07) is 25.7. The van der Waals surface area contributed by atoms with Crippen molar-refractivity contribution >= 4 is 21.8 Å². The Morgan fingerprint density at radius 1 is 0.825 bits per heavy atom. The number of nitrogens with zero attached hydrogens (tertiary/aromatic N) is 1. The van der Waals surface area contributed by atoms with Crippen LogP contribution >= 0.6 is 0 Å². The summed E-state index contributed by atoms with van der Waals surface area (Å²) in [4.78, 5) is 28.4. The average molecular weight is 562 g/mol. The van der Waals surface area contributed by atoms with E-state index in [0.717, 1.165) is 16.5 Å². The van der Waals surface area contributed by atoms with Gasteiger partial charge in [-0.05, 0) is 36.1 Å². The Morgan fingerprint density at radius 3 is 2.02 bits per heavy atom. The summed E-state index contributed by atoms with van der Waals surface area (Å²) in [6.45, 7) is 1.80. The number of hydrogen-bond acceptors (Lipinski definition) is 5. The van der Waals surface area contributed by atoms with E-state index in [2.05, 4.69) is 10.6 Å². The zero-order valence-electron chi connectivity index (χ0n) is 22.3. The maximum atomic E-state index is 13.6. The monoisotopic (exact) mass is 561 g/mol. The maximum absolute atomic E-state index is 13.6. The van der Waals surface area contributed by atoms with E-state index in [9.17, 15) is 18.0 Å². The molecule has 0 aromatic heterocycles. The molecule has 0 unspecified atom stereocenters. The molecule has 1 heterocycles. The van der Waals surface area contributed by atoms with Gasteiger partial charge in [0.05, 0.1) is 18.1 Å². The summed E-state index contributed by atoms with van der Waals surface area (Å²) >= 11 is 0. The van der Waals surface area contributed by atoms with Crippen LogP contribution in [0.2, 0.25) is 0 Å². The second-order valence-electron chi connectivity index (χ2n) is 9.62. The molecule has 0 saturated carbocycles. The molecule has 0 bridgehead atoms. The van der Waals surface area contributed by atoms with Crippen LogP contribution in [-0.4, -0.2) is 63.6 Å². The highest BCUT2D eigenvalue weighted by molar-refractivity contribution is 7.94. The third-order valence-electron chi connectivity index (χ3n) is 6.67. The van der Waals surface area contributed by atoms with Gasteiger partial charge in [0.15, 0.2) is 9.84 Å². The van der Waals surface area contributed by atoms with Crippen molar-refractivity contribution in [3.8, 4) is 0 Å². The first-order valence-corrected chi connectivity index (χ1v) is 14.9. The van der Waals surface area contributed by atoms with Crippen molar-refractivity contribution in [2.45, 2.75) is 36.2 Å². The molecule has 2 N–H and O–H groups in total. The molecule has 3 amide bonds. The summed E-state index contributed by atoms with van der Waals surface area (Å²) in [5.74, 6) is -0.384. The molecule has 2 atom stereocenters. The molecule has 4 rings (SSSR count). The second-order valence-corrected chi connectivity index (χ2v) is 11.5. The van der Waals surface area contributed by atoms with Gasteiger partial charge in [-0.25, -0.2) is 13.2 Å². The Hall–Kier alpha value is -3.95. The molecule has 0 spiro atoms. The first kappa shape index (κ1) is 29.0. The van der Waals surface area contributed by atoms with E-state index in [1.807, 2.05) is 60.7 Å². The number of ether oxygens (including phenoxy) is 1. The molecule has 3 aromatic rings. The van der Waals surface area contributed by atoms with Crippen molar-refractivity contribution in [1.82, 2.24) is 15.5 Å². The van der Waals surface area contributed by atoms with Crippen LogP contribution in [0.1, 0.15) is 17.5 Å². The van der Waals surface area contributed by atoms with Crippen LogP contribution < -0.4 is 10.6 Å². The number of hydrogen-bond donors (Lipinski definition) is 2. The summed E-state index contributed by atoms with van der Waals surface area (Å²) < 4.78 is 31.2. The predicted octanol–water partition coefficient (Wildman–Crippen LogP) is 3.74. The minimum Gasteiger partial charge on any atom is -0.378 e. The predicted molar refractivity (Wildman–Crippen MR) is 154 cm³/mol. The van der Waals surface area contributed by atoms with Gasteiger partial charge < -0.3 is 20.3 Å². The fourth-order valence-corrected chi connectivity index (χ4v) is 5.51. The summed E-state index contributed by atoms with van der Waals surface area (Å²) in [7, 11) is -3.70. The lowest BCUT2D eigenvalue weighted by Gasteiger charge is -2.29. The number of urea groups is 1. The van der Waals surface area contributed by atoms with Gasteiger partial charge in [0.2, 0.25) is 5.91 Å². The smallest absolute Gasteiger partial charge is 0.318 e. The van der Waals surface area contributed by atoms with Crippen LogP contribution in [0.3, 0.4) is 0 Å². The number of sulfone groups is 1. The molecule has 1 aliphatic rings. The zero-order valence-corrected chi connectivity index (χ0v) is 23.1. The van der Waals surface area contributed by atoms with E-state index >= 15 is 0 Å². The Balaban J connectivity index is 1.53. The van der Waals surface area contributed by atoms with Crippen LogP contribution in [0, 0.1) is 0 Å². The molecule has 3 aromatic carbocycles. The number of rotatable bonds is 11. The Morgan fingerprint density at radius 2 is 1.40 bits per heavy atom. The lowest BCUT2D eigenvalue weighted by atomic mass is 10.0. The van der Waals surface area contributed by atoms with E-state index in [1.165, 1.54) is 18.2 Å². The second kappa shape index (κ2) is 14.4. The highest BCUT2D eigenvalue weighted by Gasteiger charge is 2.26. The van der Waals surface area contributed by atoms with Gasteiger partial charge in [-0.3, -0.25) is 4.79 Å². The van der Waals surface area contributed by atoms with Gasteiger partial charge in [-0.15, -0.1) is 0 Å². The van der Waals surface area contributed by atoms with Crippen molar-refractivity contribution in [2.24, 2.45) is 0 Å². The maximum Gasteiger partial charge on any atom is 0.318 e. The Kier molecular flexibility index (Phi) is 10.5. The van der Waals surface area contributed by atoms with Crippen LogP contribution in [-0.2, 0) is 32.2 Å². The first-order chi connectivity index (χ1) is 19.4. The van der Waals surface area contributed by atoms with Crippen LogP contribution in [0.25, 0.3) is 0 Å². The summed E-state index contributed by atoms with van der Waals surface area (Å²) in [6.07, 6.45) is 2.92. The van der Waals surface area contributed by atoms with Gasteiger partial charge in [-0.2, -0.15) is 0 Å². The highest BCUT2D eigenvalue weighted by Crippen LogP contribution is 2.14. The van der Waals surface area contributed by atoms with Gasteiger partial charge in [-0.1, -0.05) is 84.9 Å². The molecular formula is C31H35N3O5S. The number of carbonyl (C=O) groups is 2. The lowest BCUT2D eigenvalue weighted by molar-refractivity contribution is -0.123. The fourth-order valence-electron chi connectivity index (χ4n) is 4.42. The number of carbonyl (C=O) groups excluding carboxylic acids is 2. The van der Waals surface area contributed by atoms with E-state index < -0.39 is 21.9 Å². The topological polar surface area (TPSA) is 105 Å². The van der Waals surface area contributed by atoms with Crippen molar-refractivity contribution in [3.63, 3.8) is 0 Å². The fraction of sp³-hybridized carbons (Fsp3) is 0.290. The molecule has 40 heavy (non-hydrogen) atoms. The molecule has 9 heteroatoms. The lowest BCUT2D eigenvalue weighted by Crippen LogP contribution is -2.55. The normalized spacial score (nSPS) is 15.3.